The summed E-state index contributed by atoms with van der Waals surface area (Å²) in [5.41, 5.74) is 7.63. The second kappa shape index (κ2) is 5.64. The first-order chi connectivity index (χ1) is 9.65. The molecule has 2 N–H and O–H groups in total. The Morgan fingerprint density at radius 3 is 2.85 bits per heavy atom. The SMILES string of the molecule is Nc1cc(Cl)cc(Br)c1OCc1csc2ccccc12. The van der Waals surface area contributed by atoms with Crippen LogP contribution >= 0.6 is 38.9 Å². The molecule has 0 radical (unpaired) electrons. The number of hydrogen-bond acceptors (Lipinski definition) is 3. The Labute approximate surface area is 134 Å². The molecule has 0 fully saturated rings. The first-order valence-corrected chi connectivity index (χ1v) is 8.02. The highest BCUT2D eigenvalue weighted by atomic mass is 79.9. The van der Waals surface area contributed by atoms with E-state index in [0.717, 1.165) is 10.0 Å². The van der Waals surface area contributed by atoms with Crippen molar-refractivity contribution >= 4 is 54.6 Å². The Balaban J connectivity index is 1.87. The van der Waals surface area contributed by atoms with Crippen LogP contribution in [0.1, 0.15) is 5.56 Å². The van der Waals surface area contributed by atoms with Gasteiger partial charge in [0, 0.05) is 15.3 Å². The minimum atomic E-state index is 0.481. The van der Waals surface area contributed by atoms with Crippen molar-refractivity contribution in [2.24, 2.45) is 0 Å². The van der Waals surface area contributed by atoms with Gasteiger partial charge >= 0.3 is 0 Å². The van der Waals surface area contributed by atoms with Crippen LogP contribution in [0.15, 0.2) is 46.3 Å². The Kier molecular flexibility index (Phi) is 3.87. The Bertz CT molecular complexity index is 748. The van der Waals surface area contributed by atoms with Crippen LogP contribution in [0.3, 0.4) is 0 Å². The van der Waals surface area contributed by atoms with Crippen LogP contribution in [0.2, 0.25) is 5.02 Å². The fraction of sp³-hybridized carbons (Fsp3) is 0.0667. The zero-order valence-corrected chi connectivity index (χ0v) is 13.6. The van der Waals surface area contributed by atoms with Gasteiger partial charge in [-0.25, -0.2) is 0 Å². The number of anilines is 1. The van der Waals surface area contributed by atoms with Crippen molar-refractivity contribution in [2.45, 2.75) is 6.61 Å². The molecule has 0 saturated carbocycles. The fourth-order valence-electron chi connectivity index (χ4n) is 2.03. The number of ether oxygens (including phenoxy) is 1. The predicted octanol–water partition coefficient (Wildman–Crippen LogP) is 5.48. The van der Waals surface area contributed by atoms with Gasteiger partial charge < -0.3 is 10.5 Å². The highest BCUT2D eigenvalue weighted by Crippen LogP contribution is 2.36. The van der Waals surface area contributed by atoms with E-state index in [-0.39, 0.29) is 0 Å². The van der Waals surface area contributed by atoms with Crippen molar-refractivity contribution in [1.29, 1.82) is 0 Å². The van der Waals surface area contributed by atoms with Crippen LogP contribution < -0.4 is 10.5 Å². The predicted molar refractivity (Wildman–Crippen MR) is 89.7 cm³/mol. The monoisotopic (exact) mass is 367 g/mol. The second-order valence-electron chi connectivity index (χ2n) is 4.35. The van der Waals surface area contributed by atoms with Crippen LogP contribution in [-0.4, -0.2) is 0 Å². The third-order valence-electron chi connectivity index (χ3n) is 2.97. The van der Waals surface area contributed by atoms with E-state index in [1.165, 1.54) is 10.1 Å². The molecule has 102 valence electrons. The quantitative estimate of drug-likeness (QED) is 0.621. The van der Waals surface area contributed by atoms with Gasteiger partial charge in [-0.3, -0.25) is 0 Å². The molecule has 0 aliphatic heterocycles. The molecule has 3 rings (SSSR count). The van der Waals surface area contributed by atoms with Crippen molar-refractivity contribution in [3.63, 3.8) is 0 Å². The van der Waals surface area contributed by atoms with Gasteiger partial charge in [-0.05, 0) is 44.9 Å². The topological polar surface area (TPSA) is 35.2 Å². The van der Waals surface area contributed by atoms with Gasteiger partial charge in [-0.2, -0.15) is 0 Å². The molecule has 5 heteroatoms. The molecule has 0 amide bonds. The van der Waals surface area contributed by atoms with E-state index in [9.17, 15) is 0 Å². The molecule has 20 heavy (non-hydrogen) atoms. The van der Waals surface area contributed by atoms with Crippen molar-refractivity contribution in [2.75, 3.05) is 5.73 Å². The number of thiophene rings is 1. The van der Waals surface area contributed by atoms with E-state index < -0.39 is 0 Å². The highest BCUT2D eigenvalue weighted by Gasteiger charge is 2.10. The van der Waals surface area contributed by atoms with Gasteiger partial charge in [-0.15, -0.1) is 11.3 Å². The molecule has 0 aliphatic carbocycles. The van der Waals surface area contributed by atoms with Gasteiger partial charge in [0.25, 0.3) is 0 Å². The Morgan fingerprint density at radius 2 is 2.05 bits per heavy atom. The molecule has 0 aliphatic rings. The van der Waals surface area contributed by atoms with Crippen LogP contribution in [0.4, 0.5) is 5.69 Å². The maximum absolute atomic E-state index is 5.94. The van der Waals surface area contributed by atoms with Crippen molar-refractivity contribution < 1.29 is 4.74 Å². The average Bonchev–Trinajstić information content (AvgIpc) is 2.81. The molecular formula is C15H11BrClNOS. The normalized spacial score (nSPS) is 10.9. The summed E-state index contributed by atoms with van der Waals surface area (Å²) in [6, 6.07) is 11.7. The van der Waals surface area contributed by atoms with E-state index in [1.807, 2.05) is 12.1 Å². The number of nitrogen functional groups attached to an aromatic ring is 1. The minimum absolute atomic E-state index is 0.481. The van der Waals surface area contributed by atoms with Crippen molar-refractivity contribution in [1.82, 2.24) is 0 Å². The largest absolute Gasteiger partial charge is 0.485 e. The van der Waals surface area contributed by atoms with Crippen molar-refractivity contribution in [3.05, 3.63) is 56.8 Å². The summed E-state index contributed by atoms with van der Waals surface area (Å²) < 4.78 is 7.88. The van der Waals surface area contributed by atoms with Crippen molar-refractivity contribution in [3.8, 4) is 5.75 Å². The summed E-state index contributed by atoms with van der Waals surface area (Å²) in [7, 11) is 0. The van der Waals surface area contributed by atoms with Gasteiger partial charge in [0.15, 0.2) is 5.75 Å². The molecule has 0 unspecified atom stereocenters. The first kappa shape index (κ1) is 13.7. The molecular weight excluding hydrogens is 358 g/mol. The molecule has 1 heterocycles. The maximum Gasteiger partial charge on any atom is 0.156 e. The smallest absolute Gasteiger partial charge is 0.156 e. The molecule has 2 nitrogen and oxygen atoms in total. The molecule has 3 aromatic rings. The van der Waals surface area contributed by atoms with Gasteiger partial charge in [0.1, 0.15) is 6.61 Å². The summed E-state index contributed by atoms with van der Waals surface area (Å²) in [4.78, 5) is 0. The number of nitrogens with two attached hydrogens (primary N) is 1. The molecule has 2 aromatic carbocycles. The molecule has 0 bridgehead atoms. The lowest BCUT2D eigenvalue weighted by Gasteiger charge is -2.11. The maximum atomic E-state index is 5.94. The summed E-state index contributed by atoms with van der Waals surface area (Å²) in [5.74, 6) is 0.629. The van der Waals surface area contributed by atoms with E-state index >= 15 is 0 Å². The Hall–Kier alpha value is -1.23. The third-order valence-corrected chi connectivity index (χ3v) is 4.79. The molecule has 0 saturated heterocycles. The number of rotatable bonds is 3. The van der Waals surface area contributed by atoms with Crippen LogP contribution in [-0.2, 0) is 6.61 Å². The van der Waals surface area contributed by atoms with Crippen LogP contribution in [0.25, 0.3) is 10.1 Å². The second-order valence-corrected chi connectivity index (χ2v) is 6.55. The zero-order valence-electron chi connectivity index (χ0n) is 10.4. The molecule has 0 spiro atoms. The van der Waals surface area contributed by atoms with Gasteiger partial charge in [-0.1, -0.05) is 29.8 Å². The van der Waals surface area contributed by atoms with Crippen LogP contribution in [0.5, 0.6) is 5.75 Å². The van der Waals surface area contributed by atoms with E-state index in [4.69, 9.17) is 22.1 Å². The van der Waals surface area contributed by atoms with E-state index in [2.05, 4.69) is 33.4 Å². The lowest BCUT2D eigenvalue weighted by Crippen LogP contribution is -1.99. The Morgan fingerprint density at radius 1 is 1.25 bits per heavy atom. The zero-order chi connectivity index (χ0) is 14.1. The summed E-state index contributed by atoms with van der Waals surface area (Å²) in [6.45, 7) is 0.481. The first-order valence-electron chi connectivity index (χ1n) is 5.97. The van der Waals surface area contributed by atoms with E-state index in [1.54, 1.807) is 23.5 Å². The van der Waals surface area contributed by atoms with Crippen LogP contribution in [0, 0.1) is 0 Å². The van der Waals surface area contributed by atoms with Gasteiger partial charge in [0.2, 0.25) is 0 Å². The summed E-state index contributed by atoms with van der Waals surface area (Å²) in [6.07, 6.45) is 0. The molecule has 1 aromatic heterocycles. The average molecular weight is 369 g/mol. The highest BCUT2D eigenvalue weighted by molar-refractivity contribution is 9.10. The standard InChI is InChI=1S/C15H11BrClNOS/c16-12-5-10(17)6-13(18)15(12)19-7-9-8-20-14-4-2-1-3-11(9)14/h1-6,8H,7,18H2. The lowest BCUT2D eigenvalue weighted by atomic mass is 10.2. The molecule has 0 atom stereocenters. The van der Waals surface area contributed by atoms with E-state index in [0.29, 0.717) is 23.1 Å². The third kappa shape index (κ3) is 2.64. The lowest BCUT2D eigenvalue weighted by molar-refractivity contribution is 0.308. The fourth-order valence-corrected chi connectivity index (χ4v) is 3.92. The summed E-state index contributed by atoms with van der Waals surface area (Å²) in [5, 5.41) is 3.92. The number of halogens is 2. The number of hydrogen-bond donors (Lipinski definition) is 1. The van der Waals surface area contributed by atoms with Gasteiger partial charge in [0.05, 0.1) is 10.2 Å². The number of fused-ring (bicyclic) bond motifs is 1. The number of benzene rings is 2. The minimum Gasteiger partial charge on any atom is -0.485 e. The summed E-state index contributed by atoms with van der Waals surface area (Å²) >= 11 is 11.1.